The van der Waals surface area contributed by atoms with E-state index in [1.807, 2.05) is 12.1 Å². The quantitative estimate of drug-likeness (QED) is 0.656. The van der Waals surface area contributed by atoms with Crippen LogP contribution in [0.15, 0.2) is 53.4 Å². The first-order valence-electron chi connectivity index (χ1n) is 8.43. The van der Waals surface area contributed by atoms with Gasteiger partial charge in [-0.15, -0.1) is 0 Å². The topological polar surface area (TPSA) is 131 Å². The molecule has 2 aromatic rings. The van der Waals surface area contributed by atoms with Crippen LogP contribution in [-0.4, -0.2) is 46.5 Å². The first-order chi connectivity index (χ1) is 13.3. The normalized spacial score (nSPS) is 15.9. The largest absolute Gasteiger partial charge is 0.477 e. The molecular weight excluding hydrogens is 384 g/mol. The molecule has 0 saturated carbocycles. The van der Waals surface area contributed by atoms with Gasteiger partial charge in [-0.3, -0.25) is 9.59 Å². The van der Waals surface area contributed by atoms with Gasteiger partial charge in [-0.2, -0.15) is 0 Å². The summed E-state index contributed by atoms with van der Waals surface area (Å²) in [5.41, 5.74) is 1.14. The lowest BCUT2D eigenvalue weighted by Gasteiger charge is -2.34. The van der Waals surface area contributed by atoms with Crippen molar-refractivity contribution >= 4 is 33.2 Å². The smallest absolute Gasteiger partial charge is 0.262 e. The summed E-state index contributed by atoms with van der Waals surface area (Å²) < 4.78 is 28.3. The second kappa shape index (κ2) is 7.87. The lowest BCUT2D eigenvalue weighted by atomic mass is 10.1. The van der Waals surface area contributed by atoms with Gasteiger partial charge in [0, 0.05) is 12.7 Å². The Morgan fingerprint density at radius 1 is 1.18 bits per heavy atom. The fourth-order valence-corrected chi connectivity index (χ4v) is 3.37. The molecule has 0 radical (unpaired) electrons. The maximum atomic E-state index is 12.5. The number of carbonyl (C=O) groups is 2. The second-order valence-electron chi connectivity index (χ2n) is 6.19. The summed E-state index contributed by atoms with van der Waals surface area (Å²) in [7, 11) is -2.27. The number of sulfonamides is 1. The van der Waals surface area contributed by atoms with Crippen molar-refractivity contribution in [3.63, 3.8) is 0 Å². The number of hydrogen-bond donors (Lipinski definition) is 3. The molecule has 10 heteroatoms. The molecule has 2 aromatic carbocycles. The molecule has 0 aromatic heterocycles. The summed E-state index contributed by atoms with van der Waals surface area (Å²) >= 11 is 0. The zero-order valence-electron chi connectivity index (χ0n) is 15.1. The molecule has 0 saturated heterocycles. The Bertz CT molecular complexity index is 991. The van der Waals surface area contributed by atoms with Crippen molar-refractivity contribution in [1.82, 2.24) is 5.32 Å². The maximum absolute atomic E-state index is 12.5. The second-order valence-corrected chi connectivity index (χ2v) is 7.75. The van der Waals surface area contributed by atoms with Gasteiger partial charge in [-0.05, 0) is 36.4 Å². The highest BCUT2D eigenvalue weighted by atomic mass is 32.2. The molecule has 2 amide bonds. The molecule has 3 rings (SSSR count). The van der Waals surface area contributed by atoms with Crippen molar-refractivity contribution in [2.75, 3.05) is 30.4 Å². The molecular formula is C18H20N4O5S. The molecule has 1 atom stereocenters. The fraction of sp³-hybridized carbons (Fsp3) is 0.222. The van der Waals surface area contributed by atoms with Gasteiger partial charge in [0.15, 0.2) is 6.10 Å². The number of para-hydroxylation sites is 2. The minimum absolute atomic E-state index is 0.00912. The highest BCUT2D eigenvalue weighted by Crippen LogP contribution is 2.33. The maximum Gasteiger partial charge on any atom is 0.262 e. The number of nitrogens with zero attached hydrogens (tertiary/aromatic N) is 1. The highest BCUT2D eigenvalue weighted by molar-refractivity contribution is 7.89. The van der Waals surface area contributed by atoms with E-state index in [9.17, 15) is 18.0 Å². The third-order valence-electron chi connectivity index (χ3n) is 4.20. The molecule has 0 aliphatic carbocycles. The Kier molecular flexibility index (Phi) is 5.52. The van der Waals surface area contributed by atoms with Crippen molar-refractivity contribution < 1.29 is 22.7 Å². The Balaban J connectivity index is 1.73. The van der Waals surface area contributed by atoms with Gasteiger partial charge in [-0.1, -0.05) is 12.1 Å². The molecule has 4 N–H and O–H groups in total. The average molecular weight is 404 g/mol. The number of anilines is 2. The van der Waals surface area contributed by atoms with Gasteiger partial charge in [0.25, 0.3) is 5.91 Å². The summed E-state index contributed by atoms with van der Waals surface area (Å²) in [6.45, 7) is 0.208. The zero-order valence-corrected chi connectivity index (χ0v) is 15.9. The van der Waals surface area contributed by atoms with Crippen molar-refractivity contribution in [3.05, 3.63) is 48.5 Å². The predicted molar refractivity (Wildman–Crippen MR) is 104 cm³/mol. The van der Waals surface area contributed by atoms with Crippen LogP contribution in [0.2, 0.25) is 0 Å². The van der Waals surface area contributed by atoms with Crippen molar-refractivity contribution in [1.29, 1.82) is 0 Å². The van der Waals surface area contributed by atoms with E-state index in [2.05, 4.69) is 10.6 Å². The van der Waals surface area contributed by atoms with Crippen LogP contribution >= 0.6 is 0 Å². The molecule has 1 aliphatic heterocycles. The predicted octanol–water partition coefficient (Wildman–Crippen LogP) is 0.286. The fourth-order valence-electron chi connectivity index (χ4n) is 2.86. The average Bonchev–Trinajstić information content (AvgIpc) is 2.67. The lowest BCUT2D eigenvalue weighted by Crippen LogP contribution is -2.50. The van der Waals surface area contributed by atoms with Gasteiger partial charge in [0.1, 0.15) is 5.75 Å². The number of fused-ring (bicyclic) bond motifs is 1. The Labute approximate surface area is 162 Å². The van der Waals surface area contributed by atoms with Gasteiger partial charge < -0.3 is 20.3 Å². The number of primary sulfonamides is 1. The van der Waals surface area contributed by atoms with Crippen LogP contribution in [0.5, 0.6) is 5.75 Å². The molecule has 28 heavy (non-hydrogen) atoms. The van der Waals surface area contributed by atoms with Crippen molar-refractivity contribution in [2.45, 2.75) is 11.0 Å². The highest BCUT2D eigenvalue weighted by Gasteiger charge is 2.31. The van der Waals surface area contributed by atoms with E-state index >= 15 is 0 Å². The van der Waals surface area contributed by atoms with Crippen LogP contribution < -0.4 is 25.4 Å². The Morgan fingerprint density at radius 3 is 2.50 bits per heavy atom. The van der Waals surface area contributed by atoms with Crippen LogP contribution in [0.1, 0.15) is 0 Å². The van der Waals surface area contributed by atoms with E-state index in [1.165, 1.54) is 31.3 Å². The van der Waals surface area contributed by atoms with Gasteiger partial charge >= 0.3 is 0 Å². The number of nitrogens with two attached hydrogens (primary N) is 1. The molecule has 9 nitrogen and oxygen atoms in total. The molecule has 0 unspecified atom stereocenters. The van der Waals surface area contributed by atoms with E-state index in [0.29, 0.717) is 17.1 Å². The van der Waals surface area contributed by atoms with Crippen molar-refractivity contribution in [3.8, 4) is 5.75 Å². The first-order valence-corrected chi connectivity index (χ1v) is 9.97. The number of rotatable bonds is 5. The SMILES string of the molecule is CNC(=O)[C@@H]1CN(CC(=O)Nc2ccc(S(N)(=O)=O)cc2)c2ccccc2O1. The van der Waals surface area contributed by atoms with Crippen molar-refractivity contribution in [2.24, 2.45) is 5.14 Å². The number of likely N-dealkylation sites (N-methyl/N-ethyl adjacent to an activating group) is 1. The number of carbonyl (C=O) groups excluding carboxylic acids is 2. The van der Waals surface area contributed by atoms with Crippen LogP contribution in [0.25, 0.3) is 0 Å². The molecule has 0 bridgehead atoms. The standard InChI is InChI=1S/C18H20N4O5S/c1-20-18(24)16-10-22(14-4-2-3-5-15(14)27-16)11-17(23)21-12-6-8-13(9-7-12)28(19,25)26/h2-9,16H,10-11H2,1H3,(H,20,24)(H,21,23)(H2,19,25,26)/t16-/m0/s1. The summed E-state index contributed by atoms with van der Waals surface area (Å²) in [5.74, 6) is -0.0816. The summed E-state index contributed by atoms with van der Waals surface area (Å²) in [6.07, 6.45) is -0.734. The summed E-state index contributed by atoms with van der Waals surface area (Å²) in [6, 6.07) is 12.7. The number of hydrogen-bond acceptors (Lipinski definition) is 6. The van der Waals surface area contributed by atoms with Gasteiger partial charge in [0.2, 0.25) is 15.9 Å². The number of nitrogens with one attached hydrogen (secondary N) is 2. The van der Waals surface area contributed by atoms with E-state index in [1.54, 1.807) is 17.0 Å². The van der Waals surface area contributed by atoms with E-state index < -0.39 is 16.1 Å². The van der Waals surface area contributed by atoms with E-state index in [0.717, 1.165) is 0 Å². The molecule has 0 fully saturated rings. The van der Waals surface area contributed by atoms with E-state index in [-0.39, 0.29) is 29.8 Å². The molecule has 1 heterocycles. The van der Waals surface area contributed by atoms with Crippen LogP contribution in [-0.2, 0) is 19.6 Å². The number of benzene rings is 2. The third kappa shape index (κ3) is 4.41. The lowest BCUT2D eigenvalue weighted by molar-refractivity contribution is -0.127. The van der Waals surface area contributed by atoms with Crippen LogP contribution in [0, 0.1) is 0 Å². The molecule has 1 aliphatic rings. The molecule has 0 spiro atoms. The van der Waals surface area contributed by atoms with Crippen LogP contribution in [0.4, 0.5) is 11.4 Å². The third-order valence-corrected chi connectivity index (χ3v) is 5.13. The number of amides is 2. The molecule has 148 valence electrons. The Hall–Kier alpha value is -3.11. The minimum atomic E-state index is -3.79. The van der Waals surface area contributed by atoms with E-state index in [4.69, 9.17) is 9.88 Å². The first kappa shape index (κ1) is 19.6. The van der Waals surface area contributed by atoms with Gasteiger partial charge in [-0.25, -0.2) is 13.6 Å². The number of ether oxygens (including phenoxy) is 1. The summed E-state index contributed by atoms with van der Waals surface area (Å²) in [4.78, 5) is 26.2. The summed E-state index contributed by atoms with van der Waals surface area (Å²) in [5, 5.41) is 10.3. The zero-order chi connectivity index (χ0) is 20.3. The van der Waals surface area contributed by atoms with Gasteiger partial charge in [0.05, 0.1) is 23.7 Å². The van der Waals surface area contributed by atoms with Crippen LogP contribution in [0.3, 0.4) is 0 Å². The monoisotopic (exact) mass is 404 g/mol. The Morgan fingerprint density at radius 2 is 1.86 bits per heavy atom. The minimum Gasteiger partial charge on any atom is -0.477 e.